The van der Waals surface area contributed by atoms with E-state index in [0.717, 1.165) is 37.2 Å². The minimum absolute atomic E-state index is 0.567. The quantitative estimate of drug-likeness (QED) is 0.762. The second kappa shape index (κ2) is 4.21. The third kappa shape index (κ3) is 2.01. The molecule has 1 heteroatoms. The molecule has 0 spiro atoms. The van der Waals surface area contributed by atoms with Gasteiger partial charge in [-0.05, 0) is 62.1 Å². The van der Waals surface area contributed by atoms with Crippen molar-refractivity contribution in [3.8, 4) is 0 Å². The number of hydrogen-bond donors (Lipinski definition) is 1. The van der Waals surface area contributed by atoms with Gasteiger partial charge in [-0.1, -0.05) is 25.1 Å². The van der Waals surface area contributed by atoms with Crippen LogP contribution in [0.2, 0.25) is 0 Å². The maximum Gasteiger partial charge on any atom is 0.0899 e. The van der Waals surface area contributed by atoms with Crippen LogP contribution in [-0.2, 0) is 5.60 Å². The summed E-state index contributed by atoms with van der Waals surface area (Å²) >= 11 is 0. The maximum absolute atomic E-state index is 10.8. The minimum Gasteiger partial charge on any atom is -0.385 e. The fourth-order valence-electron chi connectivity index (χ4n) is 2.76. The maximum atomic E-state index is 10.8. The molecule has 0 heterocycles. The van der Waals surface area contributed by atoms with Crippen LogP contribution in [0, 0.1) is 19.8 Å². The zero-order chi connectivity index (χ0) is 11.8. The van der Waals surface area contributed by atoms with E-state index >= 15 is 0 Å². The molecule has 0 bridgehead atoms. The van der Waals surface area contributed by atoms with Gasteiger partial charge in [-0.2, -0.15) is 0 Å². The summed E-state index contributed by atoms with van der Waals surface area (Å²) in [6.07, 6.45) is 4.12. The monoisotopic (exact) mass is 218 g/mol. The molecule has 1 aliphatic carbocycles. The second-order valence-corrected chi connectivity index (χ2v) is 5.46. The highest BCUT2D eigenvalue weighted by Crippen LogP contribution is 2.40. The lowest BCUT2D eigenvalue weighted by molar-refractivity contribution is -0.0125. The predicted octanol–water partition coefficient (Wildman–Crippen LogP) is 3.70. The van der Waals surface area contributed by atoms with Crippen LogP contribution in [0.1, 0.15) is 49.3 Å². The molecule has 0 unspecified atom stereocenters. The fourth-order valence-corrected chi connectivity index (χ4v) is 2.76. The molecule has 1 aliphatic rings. The molecule has 1 aromatic carbocycles. The highest BCUT2D eigenvalue weighted by atomic mass is 16.3. The largest absolute Gasteiger partial charge is 0.385 e. The lowest BCUT2D eigenvalue weighted by Crippen LogP contribution is -2.31. The van der Waals surface area contributed by atoms with Crippen LogP contribution in [0.4, 0.5) is 0 Å². The van der Waals surface area contributed by atoms with Gasteiger partial charge < -0.3 is 5.11 Å². The minimum atomic E-state index is -0.567. The Morgan fingerprint density at radius 2 is 1.81 bits per heavy atom. The third-order valence-electron chi connectivity index (χ3n) is 4.21. The zero-order valence-electron chi connectivity index (χ0n) is 10.6. The van der Waals surface area contributed by atoms with E-state index in [9.17, 15) is 5.11 Å². The van der Waals surface area contributed by atoms with Crippen molar-refractivity contribution in [2.75, 3.05) is 0 Å². The summed E-state index contributed by atoms with van der Waals surface area (Å²) in [6.45, 7) is 6.52. The Kier molecular flexibility index (Phi) is 3.07. The van der Waals surface area contributed by atoms with Gasteiger partial charge in [0, 0.05) is 0 Å². The molecule has 2 rings (SSSR count). The Bertz CT molecular complexity index is 373. The Morgan fingerprint density at radius 1 is 1.19 bits per heavy atom. The first-order valence-corrected chi connectivity index (χ1v) is 6.32. The van der Waals surface area contributed by atoms with Gasteiger partial charge in [0.1, 0.15) is 0 Å². The number of rotatable bonds is 1. The molecule has 0 aromatic heterocycles. The molecule has 1 aromatic rings. The van der Waals surface area contributed by atoms with Crippen LogP contribution >= 0.6 is 0 Å². The van der Waals surface area contributed by atoms with Crippen molar-refractivity contribution in [1.82, 2.24) is 0 Å². The summed E-state index contributed by atoms with van der Waals surface area (Å²) in [7, 11) is 0. The van der Waals surface area contributed by atoms with E-state index in [1.165, 1.54) is 11.1 Å². The predicted molar refractivity (Wildman–Crippen MR) is 67.4 cm³/mol. The van der Waals surface area contributed by atoms with Gasteiger partial charge in [0.2, 0.25) is 0 Å². The Morgan fingerprint density at radius 3 is 2.44 bits per heavy atom. The van der Waals surface area contributed by atoms with Crippen molar-refractivity contribution in [2.24, 2.45) is 5.92 Å². The molecular formula is C15H22O. The van der Waals surface area contributed by atoms with Crippen molar-refractivity contribution in [3.05, 3.63) is 34.9 Å². The Labute approximate surface area is 98.5 Å². The highest BCUT2D eigenvalue weighted by Gasteiger charge is 2.34. The molecule has 1 nitrogen and oxygen atoms in total. The van der Waals surface area contributed by atoms with E-state index < -0.39 is 5.60 Å². The van der Waals surface area contributed by atoms with Crippen molar-refractivity contribution in [2.45, 2.75) is 52.1 Å². The SMILES string of the molecule is Cc1cccc(C2(O)CCC(C)CC2)c1C. The summed E-state index contributed by atoms with van der Waals surface area (Å²) < 4.78 is 0. The summed E-state index contributed by atoms with van der Waals surface area (Å²) in [5.41, 5.74) is 3.13. The van der Waals surface area contributed by atoms with E-state index in [0.29, 0.717) is 0 Å². The molecule has 88 valence electrons. The lowest BCUT2D eigenvalue weighted by Gasteiger charge is -2.36. The molecule has 0 saturated heterocycles. The van der Waals surface area contributed by atoms with Gasteiger partial charge in [-0.15, -0.1) is 0 Å². The molecule has 1 fully saturated rings. The van der Waals surface area contributed by atoms with Crippen molar-refractivity contribution in [1.29, 1.82) is 0 Å². The van der Waals surface area contributed by atoms with E-state index in [1.807, 2.05) is 0 Å². The van der Waals surface area contributed by atoms with Gasteiger partial charge in [-0.25, -0.2) is 0 Å². The molecule has 0 amide bonds. The Hall–Kier alpha value is -0.820. The standard InChI is InChI=1S/C15H22O/c1-11-7-9-15(16,10-8-11)14-6-4-5-12(2)13(14)3/h4-6,11,16H,7-10H2,1-3H3. The van der Waals surface area contributed by atoms with E-state index in [2.05, 4.69) is 39.0 Å². The first kappa shape index (κ1) is 11.7. The average molecular weight is 218 g/mol. The summed E-state index contributed by atoms with van der Waals surface area (Å²) in [6, 6.07) is 6.28. The average Bonchev–Trinajstić information content (AvgIpc) is 2.27. The first-order chi connectivity index (χ1) is 7.53. The van der Waals surface area contributed by atoms with Crippen molar-refractivity contribution >= 4 is 0 Å². The summed E-state index contributed by atoms with van der Waals surface area (Å²) in [5, 5.41) is 10.8. The molecule has 16 heavy (non-hydrogen) atoms. The number of aliphatic hydroxyl groups is 1. The van der Waals surface area contributed by atoms with Gasteiger partial charge in [-0.3, -0.25) is 0 Å². The van der Waals surface area contributed by atoms with Gasteiger partial charge >= 0.3 is 0 Å². The molecule has 0 atom stereocenters. The normalized spacial score (nSPS) is 30.4. The van der Waals surface area contributed by atoms with Crippen LogP contribution in [0.3, 0.4) is 0 Å². The zero-order valence-corrected chi connectivity index (χ0v) is 10.6. The Balaban J connectivity index is 2.32. The lowest BCUT2D eigenvalue weighted by atomic mass is 9.74. The topological polar surface area (TPSA) is 20.2 Å². The van der Waals surface area contributed by atoms with Crippen LogP contribution in [0.15, 0.2) is 18.2 Å². The van der Waals surface area contributed by atoms with E-state index in [-0.39, 0.29) is 0 Å². The van der Waals surface area contributed by atoms with Gasteiger partial charge in [0.05, 0.1) is 5.60 Å². The molecule has 1 N–H and O–H groups in total. The van der Waals surface area contributed by atoms with Crippen molar-refractivity contribution < 1.29 is 5.11 Å². The molecule has 0 aliphatic heterocycles. The molecule has 0 radical (unpaired) electrons. The first-order valence-electron chi connectivity index (χ1n) is 6.32. The summed E-state index contributed by atoms with van der Waals surface area (Å²) in [4.78, 5) is 0. The summed E-state index contributed by atoms with van der Waals surface area (Å²) in [5.74, 6) is 0.769. The van der Waals surface area contributed by atoms with E-state index in [4.69, 9.17) is 0 Å². The fraction of sp³-hybridized carbons (Fsp3) is 0.600. The van der Waals surface area contributed by atoms with Crippen molar-refractivity contribution in [3.63, 3.8) is 0 Å². The van der Waals surface area contributed by atoms with Crippen LogP contribution in [-0.4, -0.2) is 5.11 Å². The smallest absolute Gasteiger partial charge is 0.0899 e. The van der Waals surface area contributed by atoms with Crippen LogP contribution < -0.4 is 0 Å². The van der Waals surface area contributed by atoms with Crippen LogP contribution in [0.5, 0.6) is 0 Å². The van der Waals surface area contributed by atoms with Gasteiger partial charge in [0.15, 0.2) is 0 Å². The molecular weight excluding hydrogens is 196 g/mol. The number of benzene rings is 1. The number of aryl methyl sites for hydroxylation is 1. The third-order valence-corrected chi connectivity index (χ3v) is 4.21. The van der Waals surface area contributed by atoms with E-state index in [1.54, 1.807) is 0 Å². The number of hydrogen-bond acceptors (Lipinski definition) is 1. The highest BCUT2D eigenvalue weighted by molar-refractivity contribution is 5.37. The van der Waals surface area contributed by atoms with Gasteiger partial charge in [0.25, 0.3) is 0 Å². The second-order valence-electron chi connectivity index (χ2n) is 5.46. The molecule has 1 saturated carbocycles. The van der Waals surface area contributed by atoms with Crippen LogP contribution in [0.25, 0.3) is 0 Å².